The number of fused-ring (bicyclic) bond motifs is 1. The van der Waals surface area contributed by atoms with Gasteiger partial charge in [-0.3, -0.25) is 0 Å². The van der Waals surface area contributed by atoms with Gasteiger partial charge in [-0.05, 0) is 24.4 Å². The van der Waals surface area contributed by atoms with Crippen molar-refractivity contribution >= 4 is 27.3 Å². The predicted octanol–water partition coefficient (Wildman–Crippen LogP) is 2.99. The third-order valence-electron chi connectivity index (χ3n) is 2.47. The summed E-state index contributed by atoms with van der Waals surface area (Å²) in [5, 5.41) is 1.29. The fourth-order valence-corrected chi connectivity index (χ4v) is 2.76. The summed E-state index contributed by atoms with van der Waals surface area (Å²) in [5.41, 5.74) is 1.29. The second-order valence-electron chi connectivity index (χ2n) is 3.69. The Bertz CT molecular complexity index is 542. The molecule has 3 heteroatoms. The molecule has 3 rings (SSSR count). The second kappa shape index (κ2) is 3.35. The van der Waals surface area contributed by atoms with Crippen LogP contribution in [0.15, 0.2) is 29.3 Å². The molecule has 2 aromatic rings. The zero-order chi connectivity index (χ0) is 10.3. The average Bonchev–Trinajstić information content (AvgIpc) is 2.84. The zero-order valence-electron chi connectivity index (χ0n) is 8.49. The molecule has 15 heavy (non-hydrogen) atoms. The van der Waals surface area contributed by atoms with Crippen LogP contribution in [-0.2, 0) is 4.74 Å². The maximum atomic E-state index is 5.46. The second-order valence-corrected chi connectivity index (χ2v) is 4.77. The number of rotatable bonds is 1. The van der Waals surface area contributed by atoms with Crippen LogP contribution in [0.25, 0.3) is 10.1 Å². The number of aryl methyl sites for hydroxylation is 1. The Morgan fingerprint density at radius 3 is 3.07 bits per heavy atom. The van der Waals surface area contributed by atoms with Gasteiger partial charge in [0.15, 0.2) is 0 Å². The monoisotopic (exact) mass is 217 g/mol. The molecule has 0 saturated carbocycles. The first kappa shape index (κ1) is 8.92. The number of ether oxygens (including phenoxy) is 1. The number of hydrogen-bond acceptors (Lipinski definition) is 3. The highest BCUT2D eigenvalue weighted by Gasteiger charge is 2.13. The fraction of sp³-hybridized carbons (Fsp3) is 0.250. The van der Waals surface area contributed by atoms with Gasteiger partial charge in [-0.1, -0.05) is 17.7 Å². The van der Waals surface area contributed by atoms with Gasteiger partial charge in [0.2, 0.25) is 5.90 Å². The van der Waals surface area contributed by atoms with Gasteiger partial charge in [-0.25, -0.2) is 4.99 Å². The van der Waals surface area contributed by atoms with E-state index < -0.39 is 0 Å². The van der Waals surface area contributed by atoms with E-state index in [9.17, 15) is 0 Å². The van der Waals surface area contributed by atoms with Crippen LogP contribution in [-0.4, -0.2) is 19.0 Å². The van der Waals surface area contributed by atoms with Crippen molar-refractivity contribution in [1.82, 2.24) is 0 Å². The molecule has 1 aliphatic rings. The summed E-state index contributed by atoms with van der Waals surface area (Å²) in [5.74, 6) is 0.814. The standard InChI is InChI=1S/C12H11NOS/c1-8-2-3-10-9(6-8)7-11(15-10)12-13-4-5-14-12/h2-3,6-7H,4-5H2,1H3. The third-order valence-corrected chi connectivity index (χ3v) is 3.57. The van der Waals surface area contributed by atoms with Gasteiger partial charge in [0, 0.05) is 4.70 Å². The summed E-state index contributed by atoms with van der Waals surface area (Å²) in [7, 11) is 0. The zero-order valence-corrected chi connectivity index (χ0v) is 9.30. The molecule has 76 valence electrons. The van der Waals surface area contributed by atoms with E-state index in [1.54, 1.807) is 11.3 Å². The summed E-state index contributed by atoms with van der Waals surface area (Å²) in [6.45, 7) is 3.63. The first-order valence-electron chi connectivity index (χ1n) is 5.01. The lowest BCUT2D eigenvalue weighted by Gasteiger charge is -1.94. The SMILES string of the molecule is Cc1ccc2sc(C3=NCCO3)cc2c1. The lowest BCUT2D eigenvalue weighted by atomic mass is 10.2. The van der Waals surface area contributed by atoms with E-state index in [1.807, 2.05) is 0 Å². The van der Waals surface area contributed by atoms with Crippen molar-refractivity contribution < 1.29 is 4.74 Å². The molecule has 1 aromatic heterocycles. The quantitative estimate of drug-likeness (QED) is 0.719. The van der Waals surface area contributed by atoms with Gasteiger partial charge in [0.1, 0.15) is 6.61 Å². The van der Waals surface area contributed by atoms with Gasteiger partial charge < -0.3 is 4.74 Å². The molecule has 2 heterocycles. The van der Waals surface area contributed by atoms with E-state index in [4.69, 9.17) is 4.74 Å². The van der Waals surface area contributed by atoms with Crippen LogP contribution in [0.4, 0.5) is 0 Å². The largest absolute Gasteiger partial charge is 0.475 e. The highest BCUT2D eigenvalue weighted by atomic mass is 32.1. The summed E-state index contributed by atoms with van der Waals surface area (Å²) in [6, 6.07) is 8.66. The van der Waals surface area contributed by atoms with Crippen LogP contribution in [0.2, 0.25) is 0 Å². The van der Waals surface area contributed by atoms with Gasteiger partial charge in [0.05, 0.1) is 11.4 Å². The molecule has 0 bridgehead atoms. The minimum absolute atomic E-state index is 0.725. The minimum atomic E-state index is 0.725. The molecule has 0 N–H and O–H groups in total. The summed E-state index contributed by atoms with van der Waals surface area (Å²) < 4.78 is 6.76. The van der Waals surface area contributed by atoms with Crippen molar-refractivity contribution in [2.24, 2.45) is 4.99 Å². The van der Waals surface area contributed by atoms with E-state index in [-0.39, 0.29) is 0 Å². The number of aliphatic imine (C=N–C) groups is 1. The summed E-state index contributed by atoms with van der Waals surface area (Å²) >= 11 is 1.75. The van der Waals surface area contributed by atoms with Crippen LogP contribution in [0, 0.1) is 6.92 Å². The van der Waals surface area contributed by atoms with Gasteiger partial charge in [-0.15, -0.1) is 11.3 Å². The number of benzene rings is 1. The summed E-state index contributed by atoms with van der Waals surface area (Å²) in [4.78, 5) is 5.47. The van der Waals surface area contributed by atoms with Crippen LogP contribution >= 0.6 is 11.3 Å². The minimum Gasteiger partial charge on any atom is -0.475 e. The maximum absolute atomic E-state index is 5.46. The molecule has 2 nitrogen and oxygen atoms in total. The smallest absolute Gasteiger partial charge is 0.226 e. The number of hydrogen-bond donors (Lipinski definition) is 0. The van der Waals surface area contributed by atoms with Gasteiger partial charge in [0.25, 0.3) is 0 Å². The van der Waals surface area contributed by atoms with Gasteiger partial charge in [-0.2, -0.15) is 0 Å². The van der Waals surface area contributed by atoms with E-state index in [0.29, 0.717) is 0 Å². The molecule has 0 saturated heterocycles. The Hall–Kier alpha value is -1.35. The molecular formula is C12H11NOS. The molecule has 0 radical (unpaired) electrons. The Labute approximate surface area is 92.2 Å². The van der Waals surface area contributed by atoms with E-state index in [0.717, 1.165) is 23.9 Å². The molecular weight excluding hydrogens is 206 g/mol. The van der Waals surface area contributed by atoms with Crippen LogP contribution < -0.4 is 0 Å². The molecule has 0 atom stereocenters. The van der Waals surface area contributed by atoms with Gasteiger partial charge >= 0.3 is 0 Å². The fourth-order valence-electron chi connectivity index (χ4n) is 1.75. The highest BCUT2D eigenvalue weighted by molar-refractivity contribution is 7.20. The molecule has 0 fully saturated rings. The predicted molar refractivity (Wildman–Crippen MR) is 63.9 cm³/mol. The third kappa shape index (κ3) is 1.53. The van der Waals surface area contributed by atoms with Crippen molar-refractivity contribution in [3.8, 4) is 0 Å². The summed E-state index contributed by atoms with van der Waals surface area (Å²) in [6.07, 6.45) is 0. The van der Waals surface area contributed by atoms with E-state index >= 15 is 0 Å². The average molecular weight is 217 g/mol. The first-order chi connectivity index (χ1) is 7.33. The number of nitrogens with zero attached hydrogens (tertiary/aromatic N) is 1. The van der Waals surface area contributed by atoms with Crippen LogP contribution in [0.1, 0.15) is 10.4 Å². The van der Waals surface area contributed by atoms with E-state index in [1.165, 1.54) is 15.6 Å². The Balaban J connectivity index is 2.13. The molecule has 0 aliphatic carbocycles. The topological polar surface area (TPSA) is 21.6 Å². The van der Waals surface area contributed by atoms with Crippen molar-refractivity contribution in [3.05, 3.63) is 34.7 Å². The first-order valence-corrected chi connectivity index (χ1v) is 5.82. The Morgan fingerprint density at radius 1 is 1.33 bits per heavy atom. The molecule has 0 amide bonds. The maximum Gasteiger partial charge on any atom is 0.226 e. The molecule has 1 aromatic carbocycles. The van der Waals surface area contributed by atoms with Crippen molar-refractivity contribution in [1.29, 1.82) is 0 Å². The lowest BCUT2D eigenvalue weighted by Crippen LogP contribution is -1.97. The van der Waals surface area contributed by atoms with Crippen molar-refractivity contribution in [3.63, 3.8) is 0 Å². The normalized spacial score (nSPS) is 15.4. The lowest BCUT2D eigenvalue weighted by molar-refractivity contribution is 0.349. The molecule has 0 spiro atoms. The van der Waals surface area contributed by atoms with Crippen molar-refractivity contribution in [2.45, 2.75) is 6.92 Å². The highest BCUT2D eigenvalue weighted by Crippen LogP contribution is 2.27. The van der Waals surface area contributed by atoms with Crippen molar-refractivity contribution in [2.75, 3.05) is 13.2 Å². The number of thiophene rings is 1. The Kier molecular flexibility index (Phi) is 1.99. The molecule has 1 aliphatic heterocycles. The van der Waals surface area contributed by atoms with E-state index in [2.05, 4.69) is 36.2 Å². The Morgan fingerprint density at radius 2 is 2.27 bits per heavy atom. The molecule has 0 unspecified atom stereocenters. The van der Waals surface area contributed by atoms with Crippen LogP contribution in [0.5, 0.6) is 0 Å². The van der Waals surface area contributed by atoms with Crippen LogP contribution in [0.3, 0.4) is 0 Å².